The molecule has 1 saturated heterocycles. The maximum Gasteiger partial charge on any atom is 0.267 e. The van der Waals surface area contributed by atoms with Crippen molar-refractivity contribution in [3.63, 3.8) is 0 Å². The highest BCUT2D eigenvalue weighted by atomic mass is 32.2. The molecule has 1 fully saturated rings. The lowest BCUT2D eigenvalue weighted by atomic mass is 10.1. The Hall–Kier alpha value is -4.82. The lowest BCUT2D eigenvalue weighted by Gasteiger charge is -2.15. The molecule has 1 aliphatic rings. The Morgan fingerprint density at radius 2 is 1.63 bits per heavy atom. The predicted octanol–water partition coefficient (Wildman–Crippen LogP) is 6.83. The van der Waals surface area contributed by atoms with Crippen LogP contribution >= 0.6 is 11.8 Å². The third-order valence-electron chi connectivity index (χ3n) is 6.23. The molecule has 1 N–H and O–H groups in total. The van der Waals surface area contributed by atoms with Crippen molar-refractivity contribution in [2.24, 2.45) is 4.99 Å². The number of aliphatic imine (C=N–C) groups is 1. The van der Waals surface area contributed by atoms with E-state index >= 15 is 0 Å². The SMILES string of the molecule is COc1cc(/C=C2/SC(=Nc3ccc(C)cc3)N(Cc3ccccc3)C2=O)ccc1OCC(=O)Nc1ccccc1. The van der Waals surface area contributed by atoms with Crippen molar-refractivity contribution >= 4 is 46.2 Å². The van der Waals surface area contributed by atoms with Gasteiger partial charge in [-0.2, -0.15) is 0 Å². The number of thioether (sulfide) groups is 1. The van der Waals surface area contributed by atoms with E-state index in [4.69, 9.17) is 14.5 Å². The topological polar surface area (TPSA) is 80.2 Å². The van der Waals surface area contributed by atoms with E-state index in [9.17, 15) is 9.59 Å². The van der Waals surface area contributed by atoms with Crippen LogP contribution in [0.3, 0.4) is 0 Å². The van der Waals surface area contributed by atoms with E-state index in [1.54, 1.807) is 29.2 Å². The highest BCUT2D eigenvalue weighted by Crippen LogP contribution is 2.36. The van der Waals surface area contributed by atoms with Gasteiger partial charge in [0.2, 0.25) is 0 Å². The summed E-state index contributed by atoms with van der Waals surface area (Å²) in [5.41, 5.74) is 4.39. The molecule has 0 bridgehead atoms. The molecule has 4 aromatic rings. The maximum atomic E-state index is 13.6. The van der Waals surface area contributed by atoms with E-state index in [1.807, 2.05) is 91.9 Å². The van der Waals surface area contributed by atoms with Gasteiger partial charge in [0, 0.05) is 5.69 Å². The number of amides is 2. The first kappa shape index (κ1) is 27.7. The van der Waals surface area contributed by atoms with Crippen LogP contribution in [-0.2, 0) is 16.1 Å². The monoisotopic (exact) mass is 563 g/mol. The van der Waals surface area contributed by atoms with Crippen molar-refractivity contribution in [3.05, 3.63) is 125 Å². The number of hydrogen-bond donors (Lipinski definition) is 1. The first-order valence-electron chi connectivity index (χ1n) is 13.0. The largest absolute Gasteiger partial charge is 0.493 e. The molecule has 0 radical (unpaired) electrons. The molecular weight excluding hydrogens is 534 g/mol. The zero-order valence-corrected chi connectivity index (χ0v) is 23.6. The molecule has 1 aliphatic heterocycles. The van der Waals surface area contributed by atoms with Crippen LogP contribution in [0.1, 0.15) is 16.7 Å². The van der Waals surface area contributed by atoms with Gasteiger partial charge < -0.3 is 14.8 Å². The van der Waals surface area contributed by atoms with E-state index in [2.05, 4.69) is 5.32 Å². The number of benzene rings is 4. The van der Waals surface area contributed by atoms with Crippen molar-refractivity contribution in [1.29, 1.82) is 0 Å². The Kier molecular flexibility index (Phi) is 8.81. The van der Waals surface area contributed by atoms with Crippen molar-refractivity contribution in [2.45, 2.75) is 13.5 Å². The molecule has 0 aliphatic carbocycles. The van der Waals surface area contributed by atoms with Gasteiger partial charge in [0.25, 0.3) is 11.8 Å². The Morgan fingerprint density at radius 1 is 0.927 bits per heavy atom. The highest BCUT2D eigenvalue weighted by Gasteiger charge is 2.33. The predicted molar refractivity (Wildman–Crippen MR) is 164 cm³/mol. The Balaban J connectivity index is 1.35. The van der Waals surface area contributed by atoms with Crippen LogP contribution < -0.4 is 14.8 Å². The molecule has 0 atom stereocenters. The van der Waals surface area contributed by atoms with Gasteiger partial charge in [-0.3, -0.25) is 14.5 Å². The van der Waals surface area contributed by atoms with E-state index in [-0.39, 0.29) is 18.4 Å². The third kappa shape index (κ3) is 7.23. The minimum atomic E-state index is -0.281. The number of carbonyl (C=O) groups excluding carboxylic acids is 2. The van der Waals surface area contributed by atoms with Crippen molar-refractivity contribution in [2.75, 3.05) is 19.0 Å². The quantitative estimate of drug-likeness (QED) is 0.226. The number of hydrogen-bond acceptors (Lipinski definition) is 6. The normalized spacial score (nSPS) is 14.9. The smallest absolute Gasteiger partial charge is 0.267 e. The maximum absolute atomic E-state index is 13.6. The number of para-hydroxylation sites is 1. The lowest BCUT2D eigenvalue weighted by Crippen LogP contribution is -2.28. The van der Waals surface area contributed by atoms with Gasteiger partial charge in [-0.15, -0.1) is 0 Å². The fraction of sp³-hybridized carbons (Fsp3) is 0.121. The van der Waals surface area contributed by atoms with E-state index in [1.165, 1.54) is 18.9 Å². The molecule has 0 spiro atoms. The van der Waals surface area contributed by atoms with Crippen LogP contribution in [0, 0.1) is 6.92 Å². The highest BCUT2D eigenvalue weighted by molar-refractivity contribution is 8.18. The summed E-state index contributed by atoms with van der Waals surface area (Å²) in [6, 6.07) is 32.3. The molecular formula is C33H29N3O4S. The molecule has 8 heteroatoms. The lowest BCUT2D eigenvalue weighted by molar-refractivity contribution is -0.122. The molecule has 0 unspecified atom stereocenters. The van der Waals surface area contributed by atoms with Crippen LogP contribution in [0.2, 0.25) is 0 Å². The van der Waals surface area contributed by atoms with Gasteiger partial charge in [-0.25, -0.2) is 4.99 Å². The van der Waals surface area contributed by atoms with Gasteiger partial charge >= 0.3 is 0 Å². The number of anilines is 1. The molecule has 4 aromatic carbocycles. The van der Waals surface area contributed by atoms with Crippen LogP contribution in [0.15, 0.2) is 113 Å². The standard InChI is InChI=1S/C33H29N3O4S/c1-23-13-16-27(17-14-23)35-33-36(21-24-9-5-3-6-10-24)32(38)30(41-33)20-25-15-18-28(29(19-25)39-2)40-22-31(37)34-26-11-7-4-8-12-26/h3-20H,21-22H2,1-2H3,(H,34,37)/b30-20+,35-33?. The van der Waals surface area contributed by atoms with Gasteiger partial charge in [0.05, 0.1) is 24.2 Å². The van der Waals surface area contributed by atoms with E-state index in [0.717, 1.165) is 22.4 Å². The summed E-state index contributed by atoms with van der Waals surface area (Å²) in [6.45, 7) is 2.26. The number of aryl methyl sites for hydroxylation is 1. The van der Waals surface area contributed by atoms with Crippen molar-refractivity contribution in [1.82, 2.24) is 4.90 Å². The number of amidine groups is 1. The van der Waals surface area contributed by atoms with Crippen LogP contribution in [-0.4, -0.2) is 35.6 Å². The number of ether oxygens (including phenoxy) is 2. The van der Waals surface area contributed by atoms with Gasteiger partial charge in [0.15, 0.2) is 23.3 Å². The summed E-state index contributed by atoms with van der Waals surface area (Å²) in [5, 5.41) is 3.41. The fourth-order valence-electron chi connectivity index (χ4n) is 4.13. The zero-order chi connectivity index (χ0) is 28.6. The van der Waals surface area contributed by atoms with Gasteiger partial charge in [-0.05, 0) is 72.3 Å². The summed E-state index contributed by atoms with van der Waals surface area (Å²) >= 11 is 1.34. The first-order valence-corrected chi connectivity index (χ1v) is 13.9. The summed E-state index contributed by atoms with van der Waals surface area (Å²) in [4.78, 5) is 32.9. The molecule has 5 rings (SSSR count). The Labute approximate surface area is 243 Å². The number of methoxy groups -OCH3 is 1. The van der Waals surface area contributed by atoms with Crippen molar-refractivity contribution < 1.29 is 19.1 Å². The zero-order valence-electron chi connectivity index (χ0n) is 22.7. The molecule has 0 saturated carbocycles. The molecule has 1 heterocycles. The summed E-state index contributed by atoms with van der Waals surface area (Å²) in [5.74, 6) is 0.477. The number of rotatable bonds is 9. The fourth-order valence-corrected chi connectivity index (χ4v) is 5.13. The Bertz CT molecular complexity index is 1590. The summed E-state index contributed by atoms with van der Waals surface area (Å²) in [6.07, 6.45) is 1.82. The average Bonchev–Trinajstić information content (AvgIpc) is 3.27. The molecule has 41 heavy (non-hydrogen) atoms. The number of nitrogens with zero attached hydrogens (tertiary/aromatic N) is 2. The molecule has 0 aromatic heterocycles. The minimum absolute atomic E-state index is 0.124. The number of carbonyl (C=O) groups is 2. The second-order valence-electron chi connectivity index (χ2n) is 9.33. The summed E-state index contributed by atoms with van der Waals surface area (Å²) < 4.78 is 11.3. The van der Waals surface area contributed by atoms with Crippen molar-refractivity contribution in [3.8, 4) is 11.5 Å². The van der Waals surface area contributed by atoms with Crippen LogP contribution in [0.25, 0.3) is 6.08 Å². The second-order valence-corrected chi connectivity index (χ2v) is 10.3. The molecule has 7 nitrogen and oxygen atoms in total. The van der Waals surface area contributed by atoms with E-state index in [0.29, 0.717) is 33.8 Å². The average molecular weight is 564 g/mol. The third-order valence-corrected chi connectivity index (χ3v) is 7.24. The van der Waals surface area contributed by atoms with E-state index < -0.39 is 0 Å². The van der Waals surface area contributed by atoms with Gasteiger partial charge in [-0.1, -0.05) is 72.3 Å². The van der Waals surface area contributed by atoms with Crippen LogP contribution in [0.4, 0.5) is 11.4 Å². The Morgan fingerprint density at radius 3 is 2.34 bits per heavy atom. The second kappa shape index (κ2) is 13.0. The number of nitrogens with one attached hydrogen (secondary N) is 1. The minimum Gasteiger partial charge on any atom is -0.493 e. The van der Waals surface area contributed by atoms with Gasteiger partial charge in [0.1, 0.15) is 0 Å². The first-order chi connectivity index (χ1) is 20.0. The molecule has 206 valence electrons. The molecule has 2 amide bonds. The summed E-state index contributed by atoms with van der Waals surface area (Å²) in [7, 11) is 1.53. The van der Waals surface area contributed by atoms with Crippen LogP contribution in [0.5, 0.6) is 11.5 Å².